The molecule has 0 N–H and O–H groups in total. The molecule has 3 rings (SSSR count). The highest BCUT2D eigenvalue weighted by Crippen LogP contribution is 2.29. The molecule has 2 atom stereocenters. The molecule has 2 fully saturated rings. The Hall–Kier alpha value is -2.17. The van der Waals surface area contributed by atoms with E-state index >= 15 is 0 Å². The summed E-state index contributed by atoms with van der Waals surface area (Å²) in [6, 6.07) is 7.47. The third kappa shape index (κ3) is 4.14. The van der Waals surface area contributed by atoms with Gasteiger partial charge in [0.05, 0.1) is 5.92 Å². The van der Waals surface area contributed by atoms with Crippen molar-refractivity contribution in [3.8, 4) is 0 Å². The lowest BCUT2D eigenvalue weighted by atomic mass is 9.94. The molecule has 5 heteroatoms. The van der Waals surface area contributed by atoms with Gasteiger partial charge in [-0.2, -0.15) is 0 Å². The summed E-state index contributed by atoms with van der Waals surface area (Å²) in [5.74, 6) is -1.08. The summed E-state index contributed by atoms with van der Waals surface area (Å²) in [4.78, 5) is 39.1. The van der Waals surface area contributed by atoms with Crippen LogP contribution >= 0.6 is 0 Å². The van der Waals surface area contributed by atoms with Crippen molar-refractivity contribution in [3.63, 3.8) is 0 Å². The van der Waals surface area contributed by atoms with Gasteiger partial charge in [0.2, 0.25) is 11.7 Å². The van der Waals surface area contributed by atoms with Crippen LogP contribution in [0.5, 0.6) is 0 Å². The van der Waals surface area contributed by atoms with Gasteiger partial charge >= 0.3 is 5.97 Å². The van der Waals surface area contributed by atoms with E-state index in [2.05, 4.69) is 0 Å². The fourth-order valence-electron chi connectivity index (χ4n) is 3.91. The lowest BCUT2D eigenvalue weighted by Gasteiger charge is -2.31. The summed E-state index contributed by atoms with van der Waals surface area (Å²) in [7, 11) is 0. The van der Waals surface area contributed by atoms with Crippen molar-refractivity contribution in [2.45, 2.75) is 64.5 Å². The SMILES string of the molecule is Cc1ccc(C(=O)[C@H](C)OC(=O)[C@H]2CC(=O)N(C3CCCCC3)C2)cc1. The van der Waals surface area contributed by atoms with E-state index < -0.39 is 18.0 Å². The molecule has 1 saturated heterocycles. The third-order valence-corrected chi connectivity index (χ3v) is 5.51. The first-order chi connectivity index (χ1) is 12.5. The number of benzene rings is 1. The molecule has 1 amide bonds. The van der Waals surface area contributed by atoms with E-state index in [-0.39, 0.29) is 24.2 Å². The molecule has 0 radical (unpaired) electrons. The van der Waals surface area contributed by atoms with Crippen molar-refractivity contribution >= 4 is 17.7 Å². The number of likely N-dealkylation sites (tertiary alicyclic amines) is 1. The van der Waals surface area contributed by atoms with Crippen molar-refractivity contribution in [3.05, 3.63) is 35.4 Å². The number of carbonyl (C=O) groups is 3. The van der Waals surface area contributed by atoms with Crippen molar-refractivity contribution in [2.24, 2.45) is 5.92 Å². The maximum absolute atomic E-state index is 12.5. The molecule has 1 aromatic rings. The Kier molecular flexibility index (Phi) is 5.74. The molecular formula is C21H27NO4. The van der Waals surface area contributed by atoms with Crippen LogP contribution in [-0.2, 0) is 14.3 Å². The van der Waals surface area contributed by atoms with Gasteiger partial charge in [-0.15, -0.1) is 0 Å². The van der Waals surface area contributed by atoms with E-state index in [1.807, 2.05) is 24.0 Å². The smallest absolute Gasteiger partial charge is 0.311 e. The van der Waals surface area contributed by atoms with Gasteiger partial charge in [0.15, 0.2) is 6.10 Å². The first-order valence-electron chi connectivity index (χ1n) is 9.56. The van der Waals surface area contributed by atoms with Gasteiger partial charge < -0.3 is 9.64 Å². The summed E-state index contributed by atoms with van der Waals surface area (Å²) in [6.07, 6.45) is 4.91. The van der Waals surface area contributed by atoms with Crippen LogP contribution < -0.4 is 0 Å². The molecule has 0 unspecified atom stereocenters. The Morgan fingerprint density at radius 3 is 2.42 bits per heavy atom. The lowest BCUT2D eigenvalue weighted by molar-refractivity contribution is -0.151. The van der Waals surface area contributed by atoms with Gasteiger partial charge in [0.1, 0.15) is 0 Å². The Bertz CT molecular complexity index is 676. The second kappa shape index (κ2) is 8.02. The van der Waals surface area contributed by atoms with Crippen LogP contribution in [0.25, 0.3) is 0 Å². The van der Waals surface area contributed by atoms with E-state index in [0.717, 1.165) is 31.2 Å². The number of hydrogen-bond acceptors (Lipinski definition) is 4. The number of carbonyl (C=O) groups excluding carboxylic acids is 3. The van der Waals surface area contributed by atoms with Gasteiger partial charge in [-0.3, -0.25) is 14.4 Å². The zero-order chi connectivity index (χ0) is 18.7. The summed E-state index contributed by atoms with van der Waals surface area (Å²) >= 11 is 0. The van der Waals surface area contributed by atoms with Crippen molar-refractivity contribution in [1.82, 2.24) is 4.90 Å². The number of ether oxygens (including phenoxy) is 1. The maximum Gasteiger partial charge on any atom is 0.311 e. The van der Waals surface area contributed by atoms with Gasteiger partial charge in [-0.25, -0.2) is 0 Å². The number of rotatable bonds is 5. The van der Waals surface area contributed by atoms with Crippen LogP contribution in [0.4, 0.5) is 0 Å². The second-order valence-corrected chi connectivity index (χ2v) is 7.55. The number of ketones is 1. The summed E-state index contributed by atoms with van der Waals surface area (Å²) < 4.78 is 5.40. The van der Waals surface area contributed by atoms with E-state index in [1.165, 1.54) is 6.42 Å². The predicted octanol–water partition coefficient (Wildman–Crippen LogP) is 3.29. The molecule has 1 aliphatic carbocycles. The monoisotopic (exact) mass is 357 g/mol. The Labute approximate surface area is 154 Å². The first kappa shape index (κ1) is 18.6. The molecule has 26 heavy (non-hydrogen) atoms. The van der Waals surface area contributed by atoms with Gasteiger partial charge in [0, 0.05) is 24.6 Å². The number of esters is 1. The minimum Gasteiger partial charge on any atom is -0.454 e. The Morgan fingerprint density at radius 1 is 1.12 bits per heavy atom. The molecule has 1 saturated carbocycles. The molecule has 1 heterocycles. The van der Waals surface area contributed by atoms with Crippen LogP contribution in [0.3, 0.4) is 0 Å². The largest absolute Gasteiger partial charge is 0.454 e. The number of amides is 1. The zero-order valence-corrected chi connectivity index (χ0v) is 15.6. The van der Waals surface area contributed by atoms with Gasteiger partial charge in [-0.1, -0.05) is 49.1 Å². The predicted molar refractivity (Wildman–Crippen MR) is 97.8 cm³/mol. The summed E-state index contributed by atoms with van der Waals surface area (Å²) in [5, 5.41) is 0. The molecule has 5 nitrogen and oxygen atoms in total. The summed E-state index contributed by atoms with van der Waals surface area (Å²) in [6.45, 7) is 3.97. The van der Waals surface area contributed by atoms with Gasteiger partial charge in [-0.05, 0) is 26.7 Å². The van der Waals surface area contributed by atoms with Crippen LogP contribution in [0.1, 0.15) is 61.4 Å². The van der Waals surface area contributed by atoms with Crippen LogP contribution in [0, 0.1) is 12.8 Å². The quantitative estimate of drug-likeness (QED) is 0.599. The molecule has 1 aromatic carbocycles. The highest BCUT2D eigenvalue weighted by molar-refractivity contribution is 6.00. The second-order valence-electron chi connectivity index (χ2n) is 7.55. The molecule has 140 valence electrons. The van der Waals surface area contributed by atoms with E-state index in [0.29, 0.717) is 12.1 Å². The van der Waals surface area contributed by atoms with Crippen molar-refractivity contribution in [1.29, 1.82) is 0 Å². The average molecular weight is 357 g/mol. The van der Waals surface area contributed by atoms with E-state index in [9.17, 15) is 14.4 Å². The first-order valence-corrected chi connectivity index (χ1v) is 9.56. The minimum atomic E-state index is -0.843. The van der Waals surface area contributed by atoms with E-state index in [1.54, 1.807) is 19.1 Å². The fourth-order valence-corrected chi connectivity index (χ4v) is 3.91. The molecule has 0 aromatic heterocycles. The number of hydrogen-bond donors (Lipinski definition) is 0. The van der Waals surface area contributed by atoms with E-state index in [4.69, 9.17) is 4.74 Å². The van der Waals surface area contributed by atoms with Gasteiger partial charge in [0.25, 0.3) is 0 Å². The summed E-state index contributed by atoms with van der Waals surface area (Å²) in [5.41, 5.74) is 1.60. The highest BCUT2D eigenvalue weighted by Gasteiger charge is 2.39. The number of Topliss-reactive ketones (excluding diaryl/α,β-unsaturated/α-hetero) is 1. The zero-order valence-electron chi connectivity index (χ0n) is 15.6. The molecular weight excluding hydrogens is 330 g/mol. The normalized spacial score (nSPS) is 22.3. The Balaban J connectivity index is 1.56. The maximum atomic E-state index is 12.5. The van der Waals surface area contributed by atoms with Crippen molar-refractivity contribution in [2.75, 3.05) is 6.54 Å². The number of nitrogens with zero attached hydrogens (tertiary/aromatic N) is 1. The standard InChI is InChI=1S/C21H27NO4/c1-14-8-10-16(11-9-14)20(24)15(2)26-21(25)17-12-19(23)22(13-17)18-6-4-3-5-7-18/h8-11,15,17-18H,3-7,12-13H2,1-2H3/t15-,17-/m0/s1. The fraction of sp³-hybridized carbons (Fsp3) is 0.571. The highest BCUT2D eigenvalue weighted by atomic mass is 16.5. The topological polar surface area (TPSA) is 63.7 Å². The third-order valence-electron chi connectivity index (χ3n) is 5.51. The van der Waals surface area contributed by atoms with Crippen LogP contribution in [0.15, 0.2) is 24.3 Å². The molecule has 0 bridgehead atoms. The molecule has 0 spiro atoms. The minimum absolute atomic E-state index is 0.0383. The van der Waals surface area contributed by atoms with Crippen LogP contribution in [0.2, 0.25) is 0 Å². The Morgan fingerprint density at radius 2 is 1.77 bits per heavy atom. The molecule has 1 aliphatic heterocycles. The van der Waals surface area contributed by atoms with Crippen molar-refractivity contribution < 1.29 is 19.1 Å². The average Bonchev–Trinajstić information content (AvgIpc) is 3.04. The van der Waals surface area contributed by atoms with Crippen LogP contribution in [-0.4, -0.2) is 41.3 Å². The molecule has 2 aliphatic rings. The number of aryl methyl sites for hydroxylation is 1. The lowest BCUT2D eigenvalue weighted by Crippen LogP contribution is -2.38.